The van der Waals surface area contributed by atoms with Crippen LogP contribution >= 0.6 is 0 Å². The van der Waals surface area contributed by atoms with Crippen LogP contribution in [0.15, 0.2) is 24.3 Å². The minimum Gasteiger partial charge on any atom is -0.508 e. The zero-order chi connectivity index (χ0) is 13.7. The summed E-state index contributed by atoms with van der Waals surface area (Å²) in [7, 11) is 0. The first-order valence-corrected chi connectivity index (χ1v) is 5.76. The van der Waals surface area contributed by atoms with Crippen molar-refractivity contribution in [2.75, 3.05) is 13.1 Å². The predicted octanol–water partition coefficient (Wildman–Crippen LogP) is 1.57. The standard InChI is InChI=1S/C13H17NO4/c1-3-14(8-9(2)13(17)18)12(16)10-4-6-11(15)7-5-10/h4-7,9,15H,3,8H2,1-2H3,(H,17,18). The van der Waals surface area contributed by atoms with Crippen LogP contribution in [0.2, 0.25) is 0 Å². The van der Waals surface area contributed by atoms with E-state index in [-0.39, 0.29) is 18.2 Å². The van der Waals surface area contributed by atoms with Crippen LogP contribution in [0.4, 0.5) is 0 Å². The van der Waals surface area contributed by atoms with Gasteiger partial charge in [-0.15, -0.1) is 0 Å². The van der Waals surface area contributed by atoms with Gasteiger partial charge in [-0.05, 0) is 31.2 Å². The van der Waals surface area contributed by atoms with Gasteiger partial charge in [0.2, 0.25) is 0 Å². The summed E-state index contributed by atoms with van der Waals surface area (Å²) in [4.78, 5) is 24.4. The fourth-order valence-electron chi connectivity index (χ4n) is 1.55. The van der Waals surface area contributed by atoms with E-state index in [0.717, 1.165) is 0 Å². The van der Waals surface area contributed by atoms with Gasteiger partial charge in [-0.2, -0.15) is 0 Å². The number of nitrogens with zero attached hydrogens (tertiary/aromatic N) is 1. The number of phenols is 1. The summed E-state index contributed by atoms with van der Waals surface area (Å²) in [5, 5.41) is 18.0. The molecule has 5 nitrogen and oxygen atoms in total. The predicted molar refractivity (Wildman–Crippen MR) is 66.5 cm³/mol. The van der Waals surface area contributed by atoms with Gasteiger partial charge in [0.15, 0.2) is 0 Å². The molecule has 0 saturated carbocycles. The van der Waals surface area contributed by atoms with E-state index < -0.39 is 11.9 Å². The third-order valence-corrected chi connectivity index (χ3v) is 2.70. The summed E-state index contributed by atoms with van der Waals surface area (Å²) < 4.78 is 0. The number of rotatable bonds is 5. The summed E-state index contributed by atoms with van der Waals surface area (Å²) in [5.41, 5.74) is 0.437. The molecule has 2 N–H and O–H groups in total. The van der Waals surface area contributed by atoms with Crippen LogP contribution in [0.25, 0.3) is 0 Å². The van der Waals surface area contributed by atoms with E-state index >= 15 is 0 Å². The molecule has 98 valence electrons. The number of benzene rings is 1. The molecule has 0 heterocycles. The largest absolute Gasteiger partial charge is 0.508 e. The van der Waals surface area contributed by atoms with E-state index in [4.69, 9.17) is 10.2 Å². The molecule has 1 rings (SSSR count). The molecule has 0 bridgehead atoms. The highest BCUT2D eigenvalue weighted by molar-refractivity contribution is 5.94. The molecule has 1 amide bonds. The zero-order valence-corrected chi connectivity index (χ0v) is 10.5. The van der Waals surface area contributed by atoms with E-state index in [1.165, 1.54) is 29.2 Å². The molecule has 1 unspecified atom stereocenters. The summed E-state index contributed by atoms with van der Waals surface area (Å²) in [5.74, 6) is -1.67. The van der Waals surface area contributed by atoms with Crippen molar-refractivity contribution in [1.29, 1.82) is 0 Å². The minimum atomic E-state index is -0.924. The Bertz CT molecular complexity index is 427. The number of hydrogen-bond acceptors (Lipinski definition) is 3. The maximum absolute atomic E-state index is 12.1. The first-order chi connectivity index (χ1) is 8.45. The topological polar surface area (TPSA) is 77.8 Å². The Morgan fingerprint density at radius 2 is 1.83 bits per heavy atom. The lowest BCUT2D eigenvalue weighted by Crippen LogP contribution is -2.36. The maximum Gasteiger partial charge on any atom is 0.308 e. The van der Waals surface area contributed by atoms with Crippen LogP contribution < -0.4 is 0 Å². The lowest BCUT2D eigenvalue weighted by Gasteiger charge is -2.22. The van der Waals surface area contributed by atoms with Gasteiger partial charge in [0.1, 0.15) is 5.75 Å². The first-order valence-electron chi connectivity index (χ1n) is 5.76. The Morgan fingerprint density at radius 1 is 1.28 bits per heavy atom. The van der Waals surface area contributed by atoms with Crippen molar-refractivity contribution in [3.8, 4) is 5.75 Å². The Balaban J connectivity index is 2.79. The fraction of sp³-hybridized carbons (Fsp3) is 0.385. The van der Waals surface area contributed by atoms with Crippen LogP contribution in [0, 0.1) is 5.92 Å². The Kier molecular flexibility index (Phi) is 4.71. The average Bonchev–Trinajstić information content (AvgIpc) is 2.35. The van der Waals surface area contributed by atoms with Gasteiger partial charge in [-0.25, -0.2) is 0 Å². The highest BCUT2D eigenvalue weighted by Crippen LogP contribution is 2.12. The minimum absolute atomic E-state index is 0.0912. The highest BCUT2D eigenvalue weighted by Gasteiger charge is 2.20. The van der Waals surface area contributed by atoms with Crippen molar-refractivity contribution in [1.82, 2.24) is 4.90 Å². The quantitative estimate of drug-likeness (QED) is 0.832. The molecular weight excluding hydrogens is 234 g/mol. The van der Waals surface area contributed by atoms with Gasteiger partial charge >= 0.3 is 5.97 Å². The summed E-state index contributed by atoms with van der Waals surface area (Å²) in [6, 6.07) is 5.90. The molecule has 0 saturated heterocycles. The third kappa shape index (κ3) is 3.48. The van der Waals surface area contributed by atoms with E-state index in [9.17, 15) is 9.59 Å². The first kappa shape index (κ1) is 14.0. The van der Waals surface area contributed by atoms with Gasteiger partial charge in [0.25, 0.3) is 5.91 Å². The van der Waals surface area contributed by atoms with Crippen molar-refractivity contribution in [3.63, 3.8) is 0 Å². The number of carboxylic acid groups (broad SMARTS) is 1. The fourth-order valence-corrected chi connectivity index (χ4v) is 1.55. The van der Waals surface area contributed by atoms with E-state index in [2.05, 4.69) is 0 Å². The number of carboxylic acids is 1. The molecule has 0 fully saturated rings. The van der Waals surface area contributed by atoms with Gasteiger partial charge < -0.3 is 15.1 Å². The molecule has 0 radical (unpaired) electrons. The number of aromatic hydroxyl groups is 1. The van der Waals surface area contributed by atoms with Gasteiger partial charge in [0.05, 0.1) is 5.92 Å². The number of amides is 1. The van der Waals surface area contributed by atoms with E-state index in [1.807, 2.05) is 0 Å². The van der Waals surface area contributed by atoms with Crippen molar-refractivity contribution in [2.45, 2.75) is 13.8 Å². The Hall–Kier alpha value is -2.04. The van der Waals surface area contributed by atoms with E-state index in [0.29, 0.717) is 12.1 Å². The molecule has 0 spiro atoms. The normalized spacial score (nSPS) is 11.9. The van der Waals surface area contributed by atoms with Crippen LogP contribution in [0.1, 0.15) is 24.2 Å². The second-order valence-corrected chi connectivity index (χ2v) is 4.13. The third-order valence-electron chi connectivity index (χ3n) is 2.70. The van der Waals surface area contributed by atoms with Gasteiger partial charge in [0, 0.05) is 18.7 Å². The summed E-state index contributed by atoms with van der Waals surface area (Å²) >= 11 is 0. The number of hydrogen-bond donors (Lipinski definition) is 2. The smallest absolute Gasteiger partial charge is 0.308 e. The average molecular weight is 251 g/mol. The van der Waals surface area contributed by atoms with Crippen molar-refractivity contribution in [3.05, 3.63) is 29.8 Å². The van der Waals surface area contributed by atoms with Crippen LogP contribution in [0.3, 0.4) is 0 Å². The van der Waals surface area contributed by atoms with Crippen LogP contribution in [0.5, 0.6) is 5.75 Å². The second-order valence-electron chi connectivity index (χ2n) is 4.13. The molecule has 0 aliphatic rings. The van der Waals surface area contributed by atoms with Gasteiger partial charge in [-0.1, -0.05) is 6.92 Å². The number of phenolic OH excluding ortho intramolecular Hbond substituents is 1. The Morgan fingerprint density at radius 3 is 2.28 bits per heavy atom. The highest BCUT2D eigenvalue weighted by atomic mass is 16.4. The molecule has 0 aromatic heterocycles. The SMILES string of the molecule is CCN(CC(C)C(=O)O)C(=O)c1ccc(O)cc1. The van der Waals surface area contributed by atoms with Gasteiger partial charge in [-0.3, -0.25) is 9.59 Å². The number of carbonyl (C=O) groups excluding carboxylic acids is 1. The van der Waals surface area contributed by atoms with E-state index in [1.54, 1.807) is 13.8 Å². The second kappa shape index (κ2) is 6.05. The molecule has 0 aliphatic carbocycles. The Labute approximate surface area is 106 Å². The zero-order valence-electron chi connectivity index (χ0n) is 10.5. The maximum atomic E-state index is 12.1. The molecule has 1 aromatic rings. The monoisotopic (exact) mass is 251 g/mol. The number of aliphatic carboxylic acids is 1. The van der Waals surface area contributed by atoms with Crippen molar-refractivity contribution < 1.29 is 19.8 Å². The molecule has 5 heteroatoms. The molecule has 0 aliphatic heterocycles. The van der Waals surface area contributed by atoms with Crippen molar-refractivity contribution >= 4 is 11.9 Å². The van der Waals surface area contributed by atoms with Crippen molar-refractivity contribution in [2.24, 2.45) is 5.92 Å². The lowest BCUT2D eigenvalue weighted by atomic mass is 10.1. The summed E-state index contributed by atoms with van der Waals surface area (Å²) in [6.07, 6.45) is 0. The lowest BCUT2D eigenvalue weighted by molar-refractivity contribution is -0.141. The molecule has 1 aromatic carbocycles. The van der Waals surface area contributed by atoms with Crippen LogP contribution in [-0.2, 0) is 4.79 Å². The van der Waals surface area contributed by atoms with Crippen LogP contribution in [-0.4, -0.2) is 40.1 Å². The molecule has 1 atom stereocenters. The molecular formula is C13H17NO4. The summed E-state index contributed by atoms with van der Waals surface area (Å²) in [6.45, 7) is 3.98. The molecule has 18 heavy (non-hydrogen) atoms. The number of carbonyl (C=O) groups is 2.